The average Bonchev–Trinajstić information content (AvgIpc) is 2.54. The Bertz CT molecular complexity index is 789. The standard InChI is InChI=1S/C16H21N4O2.ClHO4/c1-6-20-12-8-10(3)9(2)7-11(12)18(4)14-13(20)15(21)19(5)16(22)17-14;2-1(3,4)5/h7-8,11-12H,6H2,1-5H3;(H,2,3,4,5)/q+1;/p-1. The van der Waals surface area contributed by atoms with Gasteiger partial charge in [-0.2, -0.15) is 4.99 Å². The van der Waals surface area contributed by atoms with Crippen LogP contribution in [0.2, 0.25) is 0 Å². The summed E-state index contributed by atoms with van der Waals surface area (Å²) in [5.74, 6) is 0.202. The molecule has 0 aromatic carbocycles. The molecule has 0 saturated heterocycles. The SMILES string of the molecule is CC[N+]1=C2C(=O)N(C)C(=O)N=C2N(C)C2C=C(C)C(C)=CC21.[O-][Cl+3]([O-])([O-])[O-]. The van der Waals surface area contributed by atoms with E-state index in [-0.39, 0.29) is 18.0 Å². The molecule has 2 atom stereocenters. The van der Waals surface area contributed by atoms with Crippen molar-refractivity contribution in [2.75, 3.05) is 20.6 Å². The third-order valence-corrected chi connectivity index (χ3v) is 4.79. The summed E-state index contributed by atoms with van der Waals surface area (Å²) in [4.78, 5) is 31.7. The van der Waals surface area contributed by atoms with Gasteiger partial charge < -0.3 is 4.90 Å². The molecule has 3 amide bonds. The van der Waals surface area contributed by atoms with Crippen LogP contribution in [0.4, 0.5) is 4.79 Å². The number of carbonyl (C=O) groups excluding carboxylic acids is 2. The second-order valence-corrected chi connectivity index (χ2v) is 7.14. The Morgan fingerprint density at radius 3 is 2.15 bits per heavy atom. The number of aliphatic imine (C=N–C) groups is 1. The summed E-state index contributed by atoms with van der Waals surface area (Å²) >= 11 is 0. The van der Waals surface area contributed by atoms with Crippen LogP contribution in [0.5, 0.6) is 0 Å². The number of amides is 3. The molecule has 2 aliphatic heterocycles. The van der Waals surface area contributed by atoms with Crippen LogP contribution in [0.15, 0.2) is 28.3 Å². The summed E-state index contributed by atoms with van der Waals surface area (Å²) in [5.41, 5.74) is 2.96. The molecule has 2 unspecified atom stereocenters. The van der Waals surface area contributed by atoms with E-state index in [1.54, 1.807) is 0 Å². The number of halogens is 1. The van der Waals surface area contributed by atoms with E-state index in [4.69, 9.17) is 18.6 Å². The van der Waals surface area contributed by atoms with Gasteiger partial charge in [0.15, 0.2) is 6.04 Å². The second kappa shape index (κ2) is 7.49. The molecule has 0 spiro atoms. The third kappa shape index (κ3) is 4.25. The zero-order valence-corrected chi connectivity index (χ0v) is 16.4. The van der Waals surface area contributed by atoms with Crippen LogP contribution in [0, 0.1) is 10.2 Å². The minimum atomic E-state index is -4.94. The number of urea groups is 1. The first-order valence-electron chi connectivity index (χ1n) is 8.13. The summed E-state index contributed by atoms with van der Waals surface area (Å²) < 4.78 is 36.0. The quantitative estimate of drug-likeness (QED) is 0.411. The highest BCUT2D eigenvalue weighted by molar-refractivity contribution is 6.67. The number of fused-ring (bicyclic) bond motifs is 2. The first kappa shape index (κ1) is 21.2. The van der Waals surface area contributed by atoms with Crippen LogP contribution in [0.1, 0.15) is 20.8 Å². The average molecular weight is 401 g/mol. The number of amidine groups is 1. The molecule has 3 rings (SSSR count). The number of rotatable bonds is 1. The monoisotopic (exact) mass is 400 g/mol. The minimum Gasteiger partial charge on any atom is -0.340 e. The molecule has 0 aromatic rings. The molecule has 10 nitrogen and oxygen atoms in total. The van der Waals surface area contributed by atoms with Crippen LogP contribution in [-0.4, -0.2) is 70.6 Å². The van der Waals surface area contributed by atoms with Crippen molar-refractivity contribution in [3.8, 4) is 0 Å². The minimum absolute atomic E-state index is 0.0788. The molecule has 148 valence electrons. The van der Waals surface area contributed by atoms with Gasteiger partial charge in [0.05, 0.1) is 0 Å². The maximum absolute atomic E-state index is 12.6. The molecule has 1 aliphatic carbocycles. The molecule has 2 heterocycles. The van der Waals surface area contributed by atoms with Gasteiger partial charge in [-0.15, -0.1) is 10.2 Å². The molecule has 0 N–H and O–H groups in total. The first-order valence-corrected chi connectivity index (χ1v) is 9.36. The summed E-state index contributed by atoms with van der Waals surface area (Å²) in [7, 11) is -1.57. The van der Waals surface area contributed by atoms with Crippen LogP contribution in [-0.2, 0) is 4.79 Å². The Kier molecular flexibility index (Phi) is 5.88. The van der Waals surface area contributed by atoms with Crippen molar-refractivity contribution < 1.29 is 43.0 Å². The highest BCUT2D eigenvalue weighted by atomic mass is 35.7. The Labute approximate surface area is 158 Å². The number of hydrogen-bond donors (Lipinski definition) is 0. The van der Waals surface area contributed by atoms with Gasteiger partial charge in [-0.25, -0.2) is 28.0 Å². The van der Waals surface area contributed by atoms with Gasteiger partial charge in [0.1, 0.15) is 12.6 Å². The van der Waals surface area contributed by atoms with Crippen molar-refractivity contribution in [2.45, 2.75) is 32.9 Å². The van der Waals surface area contributed by atoms with E-state index in [0.717, 1.165) is 4.90 Å². The molecular weight excluding hydrogens is 380 g/mol. The van der Waals surface area contributed by atoms with Gasteiger partial charge in [0.2, 0.25) is 5.84 Å². The fourth-order valence-corrected chi connectivity index (χ4v) is 3.30. The fourth-order valence-electron chi connectivity index (χ4n) is 3.30. The number of allylic oxidation sites excluding steroid dienone is 2. The van der Waals surface area contributed by atoms with E-state index in [9.17, 15) is 9.59 Å². The molecule has 0 aromatic heterocycles. The zero-order chi connectivity index (χ0) is 20.7. The van der Waals surface area contributed by atoms with E-state index >= 15 is 0 Å². The van der Waals surface area contributed by atoms with Crippen molar-refractivity contribution in [2.24, 2.45) is 4.99 Å². The molecule has 0 fully saturated rings. The molecule has 27 heavy (non-hydrogen) atoms. The van der Waals surface area contributed by atoms with Crippen molar-refractivity contribution in [1.29, 1.82) is 0 Å². The van der Waals surface area contributed by atoms with Gasteiger partial charge in [-0.3, -0.25) is 9.69 Å². The normalized spacial score (nSPS) is 25.1. The van der Waals surface area contributed by atoms with Crippen LogP contribution < -0.4 is 18.6 Å². The highest BCUT2D eigenvalue weighted by Crippen LogP contribution is 2.28. The van der Waals surface area contributed by atoms with E-state index in [2.05, 4.69) is 35.6 Å². The third-order valence-electron chi connectivity index (χ3n) is 4.79. The van der Waals surface area contributed by atoms with E-state index < -0.39 is 16.3 Å². The maximum atomic E-state index is 12.6. The Balaban J connectivity index is 0.000000465. The predicted octanol–water partition coefficient (Wildman–Crippen LogP) is -3.72. The van der Waals surface area contributed by atoms with E-state index in [0.29, 0.717) is 18.1 Å². The van der Waals surface area contributed by atoms with E-state index in [1.807, 2.05) is 18.9 Å². The van der Waals surface area contributed by atoms with Gasteiger partial charge in [-0.05, 0) is 38.0 Å². The van der Waals surface area contributed by atoms with Crippen LogP contribution in [0.25, 0.3) is 0 Å². The van der Waals surface area contributed by atoms with Crippen molar-refractivity contribution in [3.05, 3.63) is 23.3 Å². The second-order valence-electron chi connectivity index (χ2n) is 6.39. The molecule has 0 radical (unpaired) electrons. The lowest BCUT2D eigenvalue weighted by Crippen LogP contribution is -2.68. The zero-order valence-electron chi connectivity index (χ0n) is 15.6. The molecular formula is C16H21ClN4O6. The van der Waals surface area contributed by atoms with Gasteiger partial charge in [0, 0.05) is 14.1 Å². The summed E-state index contributed by atoms with van der Waals surface area (Å²) in [6.07, 6.45) is 4.39. The lowest BCUT2D eigenvalue weighted by molar-refractivity contribution is -2.00. The van der Waals surface area contributed by atoms with Crippen molar-refractivity contribution >= 4 is 23.5 Å². The topological polar surface area (TPSA) is 148 Å². The summed E-state index contributed by atoms with van der Waals surface area (Å²) in [6.45, 7) is 6.87. The molecule has 3 aliphatic rings. The highest BCUT2D eigenvalue weighted by Gasteiger charge is 2.50. The summed E-state index contributed by atoms with van der Waals surface area (Å²) in [5, 5.41) is 0. The maximum Gasteiger partial charge on any atom is 0.352 e. The molecule has 11 heteroatoms. The van der Waals surface area contributed by atoms with Gasteiger partial charge in [-0.1, -0.05) is 6.08 Å². The number of nitrogens with zero attached hydrogens (tertiary/aromatic N) is 4. The summed E-state index contributed by atoms with van der Waals surface area (Å²) in [6, 6.07) is -0.346. The largest absolute Gasteiger partial charge is 0.352 e. The van der Waals surface area contributed by atoms with Gasteiger partial charge >= 0.3 is 17.6 Å². The molecule has 0 bridgehead atoms. The van der Waals surface area contributed by atoms with Crippen molar-refractivity contribution in [1.82, 2.24) is 9.80 Å². The molecule has 0 saturated carbocycles. The number of hydrogen-bond acceptors (Lipinski definition) is 7. The van der Waals surface area contributed by atoms with Crippen LogP contribution >= 0.6 is 0 Å². The Hall–Kier alpha value is -2.11. The van der Waals surface area contributed by atoms with Crippen LogP contribution in [0.3, 0.4) is 0 Å². The fraction of sp³-hybridized carbons (Fsp3) is 0.500. The Morgan fingerprint density at radius 1 is 1.11 bits per heavy atom. The number of imide groups is 1. The van der Waals surface area contributed by atoms with Gasteiger partial charge in [0.25, 0.3) is 0 Å². The number of likely N-dealkylation sites (N-methyl/N-ethyl adjacent to an activating group) is 2. The first-order chi connectivity index (χ1) is 12.4. The lowest BCUT2D eigenvalue weighted by atomic mass is 9.89. The smallest absolute Gasteiger partial charge is 0.340 e. The lowest BCUT2D eigenvalue weighted by Gasteiger charge is -2.39. The van der Waals surface area contributed by atoms with Crippen molar-refractivity contribution in [3.63, 3.8) is 0 Å². The predicted molar refractivity (Wildman–Crippen MR) is 84.3 cm³/mol. The Morgan fingerprint density at radius 2 is 1.63 bits per heavy atom. The van der Waals surface area contributed by atoms with E-state index in [1.165, 1.54) is 18.2 Å². The number of carbonyl (C=O) groups is 2.